The highest BCUT2D eigenvalue weighted by Gasteiger charge is 2.12. The Morgan fingerprint density at radius 2 is 1.82 bits per heavy atom. The molecule has 0 aliphatic heterocycles. The molecular weight excluding hydrogens is 245 g/mol. The first-order valence-corrected chi connectivity index (χ1v) is 4.62. The lowest BCUT2D eigenvalue weighted by Gasteiger charge is -2.05. The molecule has 0 aliphatic carbocycles. The van der Waals surface area contributed by atoms with Gasteiger partial charge in [-0.15, -0.1) is 12.4 Å². The van der Waals surface area contributed by atoms with Gasteiger partial charge in [0.1, 0.15) is 5.82 Å². The summed E-state index contributed by atoms with van der Waals surface area (Å²) in [5.74, 6) is -1.54. The van der Waals surface area contributed by atoms with Crippen molar-refractivity contribution < 1.29 is 14.3 Å². The number of halogens is 2. The zero-order valence-electron chi connectivity index (χ0n) is 8.63. The third-order valence-electron chi connectivity index (χ3n) is 2.20. The van der Waals surface area contributed by atoms with Gasteiger partial charge in [0.2, 0.25) is 0 Å². The zero-order chi connectivity index (χ0) is 11.5. The maximum Gasteiger partial charge on any atom is 0.336 e. The molecule has 1 heterocycles. The van der Waals surface area contributed by atoms with Gasteiger partial charge in [0.25, 0.3) is 0 Å². The first-order valence-electron chi connectivity index (χ1n) is 4.62. The molecular formula is C12H9ClFNO2. The second kappa shape index (κ2) is 5.41. The smallest absolute Gasteiger partial charge is 0.336 e. The third-order valence-corrected chi connectivity index (χ3v) is 2.20. The zero-order valence-corrected chi connectivity index (χ0v) is 9.45. The van der Waals surface area contributed by atoms with Crippen molar-refractivity contribution in [3.05, 3.63) is 54.1 Å². The van der Waals surface area contributed by atoms with Gasteiger partial charge in [-0.25, -0.2) is 9.18 Å². The number of carboxylic acid groups (broad SMARTS) is 1. The second-order valence-corrected chi connectivity index (χ2v) is 3.23. The van der Waals surface area contributed by atoms with Gasteiger partial charge in [-0.05, 0) is 41.5 Å². The Hall–Kier alpha value is -1.94. The number of aromatic carboxylic acids is 1. The Morgan fingerprint density at radius 3 is 2.41 bits per heavy atom. The molecule has 0 radical (unpaired) electrons. The van der Waals surface area contributed by atoms with Crippen LogP contribution in [0.4, 0.5) is 4.39 Å². The molecule has 0 unspecified atom stereocenters. The number of aromatic nitrogens is 1. The highest BCUT2D eigenvalue weighted by Crippen LogP contribution is 2.24. The second-order valence-electron chi connectivity index (χ2n) is 3.23. The lowest BCUT2D eigenvalue weighted by Crippen LogP contribution is -2.00. The summed E-state index contributed by atoms with van der Waals surface area (Å²) in [6.07, 6.45) is 3.07. The van der Waals surface area contributed by atoms with E-state index in [0.717, 1.165) is 6.07 Å². The van der Waals surface area contributed by atoms with E-state index in [1.54, 1.807) is 12.1 Å². The molecule has 0 amide bonds. The van der Waals surface area contributed by atoms with Crippen LogP contribution in [0.3, 0.4) is 0 Å². The van der Waals surface area contributed by atoms with E-state index in [4.69, 9.17) is 5.11 Å². The Morgan fingerprint density at radius 1 is 1.18 bits per heavy atom. The van der Waals surface area contributed by atoms with Crippen molar-refractivity contribution in [1.82, 2.24) is 4.98 Å². The standard InChI is InChI=1S/C12H8FNO2.ClH/c13-9-1-2-10(12(15)16)11(7-9)8-3-5-14-6-4-8;/h1-7H,(H,15,16);1H. The van der Waals surface area contributed by atoms with Crippen molar-refractivity contribution in [1.29, 1.82) is 0 Å². The molecule has 0 saturated heterocycles. The van der Waals surface area contributed by atoms with E-state index < -0.39 is 11.8 Å². The summed E-state index contributed by atoms with van der Waals surface area (Å²) in [5.41, 5.74) is 1.06. The summed E-state index contributed by atoms with van der Waals surface area (Å²) < 4.78 is 13.1. The van der Waals surface area contributed by atoms with Crippen LogP contribution in [0.1, 0.15) is 10.4 Å². The summed E-state index contributed by atoms with van der Waals surface area (Å²) in [5, 5.41) is 8.98. The molecule has 3 nitrogen and oxygen atoms in total. The normalized spacial score (nSPS) is 9.47. The van der Waals surface area contributed by atoms with Crippen LogP contribution in [-0.2, 0) is 0 Å². The molecule has 1 aromatic carbocycles. The molecule has 0 aliphatic rings. The van der Waals surface area contributed by atoms with Crippen molar-refractivity contribution in [2.75, 3.05) is 0 Å². The fourth-order valence-electron chi connectivity index (χ4n) is 1.47. The number of carboxylic acids is 1. The van der Waals surface area contributed by atoms with E-state index in [0.29, 0.717) is 11.1 Å². The Kier molecular flexibility index (Phi) is 4.17. The monoisotopic (exact) mass is 253 g/mol. The topological polar surface area (TPSA) is 50.2 Å². The summed E-state index contributed by atoms with van der Waals surface area (Å²) in [6, 6.07) is 6.88. The van der Waals surface area contributed by atoms with Gasteiger partial charge in [0.15, 0.2) is 0 Å². The van der Waals surface area contributed by atoms with Gasteiger partial charge in [-0.1, -0.05) is 0 Å². The van der Waals surface area contributed by atoms with Crippen LogP contribution in [0.2, 0.25) is 0 Å². The molecule has 1 aromatic heterocycles. The molecule has 88 valence electrons. The number of rotatable bonds is 2. The minimum absolute atomic E-state index is 0. The summed E-state index contributed by atoms with van der Waals surface area (Å²) >= 11 is 0. The third kappa shape index (κ3) is 2.79. The van der Waals surface area contributed by atoms with E-state index in [1.807, 2.05) is 0 Å². The Bertz CT molecular complexity index is 531. The minimum Gasteiger partial charge on any atom is -0.478 e. The average Bonchev–Trinajstić information content (AvgIpc) is 2.29. The predicted molar refractivity (Wildman–Crippen MR) is 63.8 cm³/mol. The van der Waals surface area contributed by atoms with Crippen molar-refractivity contribution in [2.24, 2.45) is 0 Å². The van der Waals surface area contributed by atoms with Crippen molar-refractivity contribution in [3.63, 3.8) is 0 Å². The number of hydrogen-bond acceptors (Lipinski definition) is 2. The van der Waals surface area contributed by atoms with E-state index in [1.165, 1.54) is 24.5 Å². The van der Waals surface area contributed by atoms with Crippen LogP contribution in [0.15, 0.2) is 42.7 Å². The van der Waals surface area contributed by atoms with Crippen LogP contribution in [0, 0.1) is 5.82 Å². The lowest BCUT2D eigenvalue weighted by atomic mass is 10.0. The lowest BCUT2D eigenvalue weighted by molar-refractivity contribution is 0.0697. The van der Waals surface area contributed by atoms with Crippen LogP contribution >= 0.6 is 12.4 Å². The number of hydrogen-bond donors (Lipinski definition) is 1. The first-order chi connectivity index (χ1) is 7.68. The van der Waals surface area contributed by atoms with Crippen molar-refractivity contribution >= 4 is 18.4 Å². The number of carbonyl (C=O) groups is 1. The Balaban J connectivity index is 0.00000144. The first kappa shape index (κ1) is 13.1. The van der Waals surface area contributed by atoms with Crippen LogP contribution in [-0.4, -0.2) is 16.1 Å². The van der Waals surface area contributed by atoms with Gasteiger partial charge >= 0.3 is 5.97 Å². The molecule has 1 N–H and O–H groups in total. The SMILES string of the molecule is Cl.O=C(O)c1ccc(F)cc1-c1ccncc1. The molecule has 0 bridgehead atoms. The summed E-state index contributed by atoms with van der Waals surface area (Å²) in [6.45, 7) is 0. The summed E-state index contributed by atoms with van der Waals surface area (Å²) in [4.78, 5) is 14.8. The molecule has 0 atom stereocenters. The molecule has 2 aromatic rings. The van der Waals surface area contributed by atoms with Gasteiger partial charge in [-0.2, -0.15) is 0 Å². The minimum atomic E-state index is -1.08. The fourth-order valence-corrected chi connectivity index (χ4v) is 1.47. The van der Waals surface area contributed by atoms with Gasteiger partial charge < -0.3 is 5.11 Å². The van der Waals surface area contributed by atoms with Gasteiger partial charge in [-0.3, -0.25) is 4.98 Å². The van der Waals surface area contributed by atoms with Gasteiger partial charge in [0, 0.05) is 12.4 Å². The van der Waals surface area contributed by atoms with Crippen LogP contribution in [0.5, 0.6) is 0 Å². The van der Waals surface area contributed by atoms with E-state index in [2.05, 4.69) is 4.98 Å². The molecule has 17 heavy (non-hydrogen) atoms. The van der Waals surface area contributed by atoms with Crippen molar-refractivity contribution in [2.45, 2.75) is 0 Å². The fraction of sp³-hybridized carbons (Fsp3) is 0. The maximum atomic E-state index is 13.1. The van der Waals surface area contributed by atoms with E-state index >= 15 is 0 Å². The molecule has 0 spiro atoms. The average molecular weight is 254 g/mol. The number of pyridine rings is 1. The molecule has 0 saturated carbocycles. The van der Waals surface area contributed by atoms with Crippen molar-refractivity contribution in [3.8, 4) is 11.1 Å². The predicted octanol–water partition coefficient (Wildman–Crippen LogP) is 3.01. The largest absolute Gasteiger partial charge is 0.478 e. The van der Waals surface area contributed by atoms with E-state index in [-0.39, 0.29) is 18.0 Å². The quantitative estimate of drug-likeness (QED) is 0.895. The summed E-state index contributed by atoms with van der Waals surface area (Å²) in [7, 11) is 0. The van der Waals surface area contributed by atoms with Crippen LogP contribution in [0.25, 0.3) is 11.1 Å². The maximum absolute atomic E-state index is 13.1. The highest BCUT2D eigenvalue weighted by atomic mass is 35.5. The highest BCUT2D eigenvalue weighted by molar-refractivity contribution is 5.95. The van der Waals surface area contributed by atoms with Crippen LogP contribution < -0.4 is 0 Å². The van der Waals surface area contributed by atoms with E-state index in [9.17, 15) is 9.18 Å². The number of benzene rings is 1. The molecule has 5 heteroatoms. The molecule has 0 fully saturated rings. The number of nitrogens with zero attached hydrogens (tertiary/aromatic N) is 1. The molecule has 2 rings (SSSR count). The van der Waals surface area contributed by atoms with Gasteiger partial charge in [0.05, 0.1) is 5.56 Å². The Labute approximate surface area is 103 Å².